The highest BCUT2D eigenvalue weighted by atomic mass is 31.2. The topological polar surface area (TPSA) is 90.1 Å². The molecule has 1 aromatic carbocycles. The molecule has 0 amide bonds. The summed E-state index contributed by atoms with van der Waals surface area (Å²) in [7, 11) is -0.684. The van der Waals surface area contributed by atoms with Crippen LogP contribution in [0.25, 0.3) is 0 Å². The number of anilines is 2. The molecule has 1 aliphatic heterocycles. The van der Waals surface area contributed by atoms with E-state index in [0.29, 0.717) is 35.7 Å². The maximum absolute atomic E-state index is 13.9. The zero-order valence-electron chi connectivity index (χ0n) is 19.5. The van der Waals surface area contributed by atoms with Crippen molar-refractivity contribution in [2.45, 2.75) is 70.2 Å². The summed E-state index contributed by atoms with van der Waals surface area (Å²) in [4.78, 5) is 9.32. The molecule has 0 saturated carbocycles. The molecule has 2 heterocycles. The van der Waals surface area contributed by atoms with Crippen LogP contribution in [0.4, 0.5) is 20.3 Å². The lowest BCUT2D eigenvalue weighted by atomic mass is 9.92. The highest BCUT2D eigenvalue weighted by Gasteiger charge is 2.43. The Bertz CT molecular complexity index is 1060. The van der Waals surface area contributed by atoms with Gasteiger partial charge in [0.2, 0.25) is 0 Å². The third-order valence-corrected chi connectivity index (χ3v) is 10.9. The average molecular weight is 479 g/mol. The van der Waals surface area contributed by atoms with Crippen LogP contribution in [0.3, 0.4) is 0 Å². The molecular weight excluding hydrogens is 445 g/mol. The first-order valence-electron chi connectivity index (χ1n) is 11.6. The number of alkyl halides is 2. The molecule has 0 radical (unpaired) electrons. The Kier molecular flexibility index (Phi) is 7.06. The number of hydrogen-bond acceptors (Lipinski definition) is 6. The van der Waals surface area contributed by atoms with Crippen LogP contribution in [0.5, 0.6) is 0 Å². The summed E-state index contributed by atoms with van der Waals surface area (Å²) < 4.78 is 46.3. The monoisotopic (exact) mass is 478 g/mol. The van der Waals surface area contributed by atoms with Crippen molar-refractivity contribution in [2.24, 2.45) is 0 Å². The molecule has 9 heteroatoms. The van der Waals surface area contributed by atoms with E-state index in [2.05, 4.69) is 15.3 Å². The standard InChI is InChI=1S/C24H33F2N4O2P/c1-14(16-9-17(23(25)26)11-18(27)10-16)28-24-19-12-22(33(31)7-5-4-6-8-33)21(32-3)13-20(19)29-15(2)30-24/h9-11,14,21-23H,4-8,12-13,27H2,1-3H3,(H,28,29,30)/t14-,21?,22?/m1/s1. The maximum atomic E-state index is 13.9. The lowest BCUT2D eigenvalue weighted by molar-refractivity contribution is 0.0917. The molecule has 0 spiro atoms. The SMILES string of the molecule is COC1Cc2nc(C)nc(N[C@H](C)c3cc(N)cc(C(F)F)c3)c2CC1P1(=O)CCCCC1. The molecule has 33 heavy (non-hydrogen) atoms. The molecule has 1 aliphatic carbocycles. The third-order valence-electron chi connectivity index (χ3n) is 7.03. The quantitative estimate of drug-likeness (QED) is 0.421. The number of halogens is 2. The van der Waals surface area contributed by atoms with Crippen molar-refractivity contribution >= 4 is 18.6 Å². The van der Waals surface area contributed by atoms with E-state index in [4.69, 9.17) is 10.5 Å². The van der Waals surface area contributed by atoms with Gasteiger partial charge in [0.05, 0.1) is 25.0 Å². The van der Waals surface area contributed by atoms with Crippen LogP contribution in [0.1, 0.15) is 66.9 Å². The minimum absolute atomic E-state index is 0.0460. The van der Waals surface area contributed by atoms with Crippen LogP contribution in [0.15, 0.2) is 18.2 Å². The summed E-state index contributed by atoms with van der Waals surface area (Å²) in [6.07, 6.45) is 3.18. The fourth-order valence-electron chi connectivity index (χ4n) is 5.28. The second kappa shape index (κ2) is 9.67. The molecule has 180 valence electrons. The summed E-state index contributed by atoms with van der Waals surface area (Å²) in [5.41, 5.74) is 8.57. The Balaban J connectivity index is 1.66. The van der Waals surface area contributed by atoms with Gasteiger partial charge in [-0.15, -0.1) is 0 Å². The normalized spacial score (nSPS) is 23.2. The van der Waals surface area contributed by atoms with Gasteiger partial charge in [-0.25, -0.2) is 18.7 Å². The summed E-state index contributed by atoms with van der Waals surface area (Å²) in [6.45, 7) is 3.73. The molecule has 3 N–H and O–H groups in total. The smallest absolute Gasteiger partial charge is 0.263 e. The van der Waals surface area contributed by atoms with E-state index >= 15 is 0 Å². The number of hydrogen-bond donors (Lipinski definition) is 2. The maximum Gasteiger partial charge on any atom is 0.263 e. The number of nitrogens with one attached hydrogen (secondary N) is 1. The fourth-order valence-corrected chi connectivity index (χ4v) is 9.03. The Morgan fingerprint density at radius 2 is 1.82 bits per heavy atom. The number of aryl methyl sites for hydroxylation is 1. The van der Waals surface area contributed by atoms with Crippen LogP contribution in [0, 0.1) is 6.92 Å². The predicted molar refractivity (Wildman–Crippen MR) is 128 cm³/mol. The lowest BCUT2D eigenvalue weighted by Gasteiger charge is -2.39. The van der Waals surface area contributed by atoms with E-state index in [0.717, 1.165) is 42.8 Å². The number of benzene rings is 1. The van der Waals surface area contributed by atoms with Crippen molar-refractivity contribution in [3.63, 3.8) is 0 Å². The van der Waals surface area contributed by atoms with Crippen molar-refractivity contribution in [3.8, 4) is 0 Å². The van der Waals surface area contributed by atoms with E-state index in [1.165, 1.54) is 12.1 Å². The molecule has 0 bridgehead atoms. The molecule has 2 unspecified atom stereocenters. The molecule has 3 atom stereocenters. The first-order valence-corrected chi connectivity index (χ1v) is 13.8. The van der Waals surface area contributed by atoms with Crippen molar-refractivity contribution in [3.05, 3.63) is 46.4 Å². The largest absolute Gasteiger partial charge is 0.399 e. The van der Waals surface area contributed by atoms with E-state index in [9.17, 15) is 13.3 Å². The average Bonchev–Trinajstić information content (AvgIpc) is 2.78. The summed E-state index contributed by atoms with van der Waals surface area (Å²) in [5, 5.41) is 3.41. The summed E-state index contributed by atoms with van der Waals surface area (Å²) in [5.74, 6) is 1.30. The first-order chi connectivity index (χ1) is 15.7. The first kappa shape index (κ1) is 24.1. The number of aromatic nitrogens is 2. The van der Waals surface area contributed by atoms with E-state index < -0.39 is 13.6 Å². The highest BCUT2D eigenvalue weighted by Crippen LogP contribution is 2.58. The van der Waals surface area contributed by atoms with E-state index in [1.807, 2.05) is 13.8 Å². The number of nitrogens with zero attached hydrogens (tertiary/aromatic N) is 2. The van der Waals surface area contributed by atoms with E-state index in [1.54, 1.807) is 13.2 Å². The highest BCUT2D eigenvalue weighted by molar-refractivity contribution is 7.64. The number of fused-ring (bicyclic) bond motifs is 1. The van der Waals surface area contributed by atoms with Gasteiger partial charge in [0.1, 0.15) is 11.6 Å². The second-order valence-electron chi connectivity index (χ2n) is 9.35. The molecule has 6 nitrogen and oxygen atoms in total. The van der Waals surface area contributed by atoms with Crippen LogP contribution >= 0.6 is 7.14 Å². The van der Waals surface area contributed by atoms with Crippen molar-refractivity contribution in [2.75, 3.05) is 30.5 Å². The van der Waals surface area contributed by atoms with Crippen molar-refractivity contribution < 1.29 is 18.1 Å². The van der Waals surface area contributed by atoms with Crippen molar-refractivity contribution in [1.82, 2.24) is 9.97 Å². The summed E-state index contributed by atoms with van der Waals surface area (Å²) >= 11 is 0. The van der Waals surface area contributed by atoms with Crippen molar-refractivity contribution in [1.29, 1.82) is 0 Å². The molecule has 1 fully saturated rings. The number of nitrogen functional groups attached to an aromatic ring is 1. The number of methoxy groups -OCH3 is 1. The Morgan fingerprint density at radius 1 is 1.12 bits per heavy atom. The number of rotatable bonds is 6. The van der Waals surface area contributed by atoms with Gasteiger partial charge in [-0.3, -0.25) is 0 Å². The molecular formula is C24H33F2N4O2P. The Morgan fingerprint density at radius 3 is 2.48 bits per heavy atom. The zero-order chi connectivity index (χ0) is 23.8. The minimum Gasteiger partial charge on any atom is -0.399 e. The fraction of sp³-hybridized carbons (Fsp3) is 0.583. The molecule has 2 aliphatic rings. The van der Waals surface area contributed by atoms with Gasteiger partial charge in [0.25, 0.3) is 6.43 Å². The Hall–Kier alpha value is -2.05. The lowest BCUT2D eigenvalue weighted by Crippen LogP contribution is -2.39. The van der Waals surface area contributed by atoms with Gasteiger partial charge in [-0.1, -0.05) is 6.42 Å². The van der Waals surface area contributed by atoms with Gasteiger partial charge >= 0.3 is 0 Å². The Labute approximate surface area is 194 Å². The van der Waals surface area contributed by atoms with Gasteiger partial charge in [0.15, 0.2) is 0 Å². The number of nitrogens with two attached hydrogens (primary N) is 1. The molecule has 1 aromatic heterocycles. The van der Waals surface area contributed by atoms with Crippen LogP contribution in [-0.4, -0.2) is 41.2 Å². The van der Waals surface area contributed by atoms with Crippen LogP contribution in [-0.2, 0) is 22.1 Å². The molecule has 1 saturated heterocycles. The number of ether oxygens (including phenoxy) is 1. The van der Waals surface area contributed by atoms with Gasteiger partial charge < -0.3 is 20.4 Å². The molecule has 2 aromatic rings. The van der Waals surface area contributed by atoms with Gasteiger partial charge in [-0.2, -0.15) is 0 Å². The van der Waals surface area contributed by atoms with Crippen LogP contribution in [0.2, 0.25) is 0 Å². The second-order valence-corrected chi connectivity index (χ2v) is 12.8. The third kappa shape index (κ3) is 5.07. The van der Waals surface area contributed by atoms with E-state index in [-0.39, 0.29) is 23.4 Å². The molecule has 4 rings (SSSR count). The van der Waals surface area contributed by atoms with Crippen LogP contribution < -0.4 is 11.1 Å². The van der Waals surface area contributed by atoms with Gasteiger partial charge in [0, 0.05) is 48.3 Å². The summed E-state index contributed by atoms with van der Waals surface area (Å²) in [6, 6.07) is 4.18. The zero-order valence-corrected chi connectivity index (χ0v) is 20.4. The minimum atomic E-state index is -2.59. The van der Waals surface area contributed by atoms with Gasteiger partial charge in [-0.05, 0) is 56.9 Å². The predicted octanol–water partition coefficient (Wildman–Crippen LogP) is 5.51.